The number of halogens is 10. The Balaban J connectivity index is 2.78. The maximum absolute atomic E-state index is 13.6. The Bertz CT molecular complexity index is 592. The molecule has 1 aromatic carbocycles. The molecule has 1 atom stereocenters. The number of ether oxygens (including phenoxy) is 2. The summed E-state index contributed by atoms with van der Waals surface area (Å²) in [7, 11) is 0. The van der Waals surface area contributed by atoms with Crippen molar-refractivity contribution in [2.75, 3.05) is 13.2 Å². The summed E-state index contributed by atoms with van der Waals surface area (Å²) in [6.07, 6.45) is -14.1. The number of rotatable bonds is 4. The maximum atomic E-state index is 13.6. The lowest BCUT2D eigenvalue weighted by Crippen LogP contribution is -2.57. The summed E-state index contributed by atoms with van der Waals surface area (Å²) < 4.78 is 141. The molecule has 1 saturated heterocycles. The molecule has 0 radical (unpaired) electrons. The molecule has 0 amide bonds. The van der Waals surface area contributed by atoms with Crippen molar-refractivity contribution in [3.63, 3.8) is 0 Å². The lowest BCUT2D eigenvalue weighted by molar-refractivity contribution is -0.391. The Morgan fingerprint density at radius 2 is 1.33 bits per heavy atom. The van der Waals surface area contributed by atoms with Crippen molar-refractivity contribution in [1.29, 1.82) is 0 Å². The van der Waals surface area contributed by atoms with Gasteiger partial charge in [-0.15, -0.1) is 0 Å². The van der Waals surface area contributed by atoms with Gasteiger partial charge in [-0.2, -0.15) is 26.3 Å². The smallest absolute Gasteiger partial charge is 0.371 e. The van der Waals surface area contributed by atoms with Gasteiger partial charge >= 0.3 is 12.4 Å². The standard InChI is InChI=1S/C12H6F10O2/c13-5-1-6(14)9(16)7(8(5)15)10(11(17,18)19,12(20,21)22)24-3-4-2-23-4/h1,4H,2-3H2. The molecule has 1 aromatic rings. The topological polar surface area (TPSA) is 21.8 Å². The highest BCUT2D eigenvalue weighted by atomic mass is 19.4. The zero-order valence-corrected chi connectivity index (χ0v) is 11.2. The lowest BCUT2D eigenvalue weighted by atomic mass is 9.90. The van der Waals surface area contributed by atoms with Crippen molar-refractivity contribution in [1.82, 2.24) is 0 Å². The molecule has 0 bridgehead atoms. The second kappa shape index (κ2) is 5.76. The predicted octanol–water partition coefficient (Wildman–Crippen LogP) is 3.98. The fraction of sp³-hybridized carbons (Fsp3) is 0.500. The summed E-state index contributed by atoms with van der Waals surface area (Å²) in [6.45, 7) is -1.59. The average molecular weight is 372 g/mol. The van der Waals surface area contributed by atoms with Gasteiger partial charge in [-0.3, -0.25) is 0 Å². The van der Waals surface area contributed by atoms with Crippen LogP contribution in [0.1, 0.15) is 5.56 Å². The molecule has 0 aromatic heterocycles. The van der Waals surface area contributed by atoms with Gasteiger partial charge < -0.3 is 9.47 Å². The van der Waals surface area contributed by atoms with Crippen LogP contribution in [0, 0.1) is 23.3 Å². The van der Waals surface area contributed by atoms with Gasteiger partial charge in [-0.25, -0.2) is 17.6 Å². The number of epoxide rings is 1. The van der Waals surface area contributed by atoms with E-state index >= 15 is 0 Å². The molecular weight excluding hydrogens is 366 g/mol. The van der Waals surface area contributed by atoms with Crippen molar-refractivity contribution in [2.24, 2.45) is 0 Å². The molecule has 12 heteroatoms. The highest BCUT2D eigenvalue weighted by Crippen LogP contribution is 2.54. The van der Waals surface area contributed by atoms with Gasteiger partial charge in [0.2, 0.25) is 0 Å². The molecule has 2 rings (SSSR count). The predicted molar refractivity (Wildman–Crippen MR) is 55.8 cm³/mol. The van der Waals surface area contributed by atoms with Gasteiger partial charge in [-0.1, -0.05) is 0 Å². The van der Waals surface area contributed by atoms with Crippen LogP contribution in [-0.2, 0) is 15.1 Å². The Morgan fingerprint density at radius 1 is 0.917 bits per heavy atom. The zero-order valence-electron chi connectivity index (χ0n) is 11.2. The Hall–Kier alpha value is -1.56. The SMILES string of the molecule is Fc1cc(F)c(F)c(C(OCC2CO2)(C(F)(F)F)C(F)(F)F)c1F. The van der Waals surface area contributed by atoms with Crippen molar-refractivity contribution in [3.05, 3.63) is 34.9 Å². The maximum Gasteiger partial charge on any atom is 0.431 e. The number of benzene rings is 1. The molecule has 0 aliphatic carbocycles. The molecule has 0 N–H and O–H groups in total. The molecule has 136 valence electrons. The number of hydrogen-bond acceptors (Lipinski definition) is 2. The van der Waals surface area contributed by atoms with Gasteiger partial charge in [0.25, 0.3) is 5.60 Å². The van der Waals surface area contributed by atoms with Gasteiger partial charge in [0.05, 0.1) is 18.8 Å². The van der Waals surface area contributed by atoms with Gasteiger partial charge in [-0.05, 0) is 0 Å². The molecule has 1 heterocycles. The zero-order chi connectivity index (χ0) is 18.5. The third kappa shape index (κ3) is 2.92. The Labute approximate surface area is 126 Å². The van der Waals surface area contributed by atoms with E-state index in [2.05, 4.69) is 9.47 Å². The van der Waals surface area contributed by atoms with Crippen molar-refractivity contribution < 1.29 is 53.4 Å². The van der Waals surface area contributed by atoms with E-state index in [1.54, 1.807) is 0 Å². The molecule has 1 unspecified atom stereocenters. The third-order valence-corrected chi connectivity index (χ3v) is 3.15. The first-order valence-corrected chi connectivity index (χ1v) is 6.05. The van der Waals surface area contributed by atoms with E-state index in [0.717, 1.165) is 0 Å². The summed E-state index contributed by atoms with van der Waals surface area (Å²) in [5.41, 5.74) is -8.57. The normalized spacial score (nSPS) is 18.8. The van der Waals surface area contributed by atoms with E-state index < -0.39 is 65.6 Å². The first kappa shape index (κ1) is 18.8. The van der Waals surface area contributed by atoms with Crippen molar-refractivity contribution in [3.8, 4) is 0 Å². The minimum Gasteiger partial charge on any atom is -0.371 e. The largest absolute Gasteiger partial charge is 0.431 e. The van der Waals surface area contributed by atoms with Crippen molar-refractivity contribution in [2.45, 2.75) is 24.1 Å². The first-order chi connectivity index (χ1) is 10.8. The van der Waals surface area contributed by atoms with E-state index in [1.165, 1.54) is 0 Å². The molecular formula is C12H6F10O2. The van der Waals surface area contributed by atoms with Crippen LogP contribution in [0.2, 0.25) is 0 Å². The average Bonchev–Trinajstić information content (AvgIpc) is 3.21. The van der Waals surface area contributed by atoms with E-state index in [9.17, 15) is 43.9 Å². The van der Waals surface area contributed by atoms with Crippen LogP contribution >= 0.6 is 0 Å². The van der Waals surface area contributed by atoms with Crippen LogP contribution in [-0.4, -0.2) is 31.7 Å². The Morgan fingerprint density at radius 3 is 1.67 bits per heavy atom. The van der Waals surface area contributed by atoms with Gasteiger partial charge in [0, 0.05) is 6.07 Å². The molecule has 1 fully saturated rings. The second-order valence-corrected chi connectivity index (χ2v) is 4.79. The fourth-order valence-corrected chi connectivity index (χ4v) is 1.94. The fourth-order valence-electron chi connectivity index (χ4n) is 1.94. The second-order valence-electron chi connectivity index (χ2n) is 4.79. The number of hydrogen-bond donors (Lipinski definition) is 0. The molecule has 2 nitrogen and oxygen atoms in total. The van der Waals surface area contributed by atoms with Crippen LogP contribution in [0.15, 0.2) is 6.07 Å². The molecule has 0 saturated carbocycles. The van der Waals surface area contributed by atoms with E-state index in [-0.39, 0.29) is 6.61 Å². The number of alkyl halides is 6. The first-order valence-electron chi connectivity index (χ1n) is 6.05. The van der Waals surface area contributed by atoms with Gasteiger partial charge in [0.1, 0.15) is 6.10 Å². The highest BCUT2D eigenvalue weighted by molar-refractivity contribution is 5.32. The van der Waals surface area contributed by atoms with E-state index in [1.807, 2.05) is 0 Å². The minimum absolute atomic E-state index is 0.242. The third-order valence-electron chi connectivity index (χ3n) is 3.15. The molecule has 0 spiro atoms. The Kier molecular flexibility index (Phi) is 4.50. The van der Waals surface area contributed by atoms with Crippen LogP contribution < -0.4 is 0 Å². The quantitative estimate of drug-likeness (QED) is 0.453. The van der Waals surface area contributed by atoms with Crippen LogP contribution in [0.5, 0.6) is 0 Å². The van der Waals surface area contributed by atoms with E-state index in [0.29, 0.717) is 0 Å². The summed E-state index contributed by atoms with van der Waals surface area (Å²) in [6, 6.07) is -0.518. The summed E-state index contributed by atoms with van der Waals surface area (Å²) in [4.78, 5) is 0. The monoisotopic (exact) mass is 372 g/mol. The minimum atomic E-state index is -6.48. The van der Waals surface area contributed by atoms with Crippen LogP contribution in [0.3, 0.4) is 0 Å². The van der Waals surface area contributed by atoms with Crippen LogP contribution in [0.25, 0.3) is 0 Å². The molecule has 1 aliphatic heterocycles. The van der Waals surface area contributed by atoms with E-state index in [4.69, 9.17) is 0 Å². The molecule has 1 aliphatic rings. The summed E-state index contributed by atoms with van der Waals surface area (Å²) in [5, 5.41) is 0. The van der Waals surface area contributed by atoms with Gasteiger partial charge in [0.15, 0.2) is 23.3 Å². The lowest BCUT2D eigenvalue weighted by Gasteiger charge is -2.37. The summed E-state index contributed by atoms with van der Waals surface area (Å²) >= 11 is 0. The molecule has 24 heavy (non-hydrogen) atoms. The highest BCUT2D eigenvalue weighted by Gasteiger charge is 2.75. The summed E-state index contributed by atoms with van der Waals surface area (Å²) in [5.74, 6) is -10.6. The van der Waals surface area contributed by atoms with Crippen LogP contribution in [0.4, 0.5) is 43.9 Å². The van der Waals surface area contributed by atoms with Crippen molar-refractivity contribution >= 4 is 0 Å².